The Balaban J connectivity index is 1.30. The van der Waals surface area contributed by atoms with Crippen LogP contribution in [0.3, 0.4) is 0 Å². The first kappa shape index (κ1) is 17.3. The Hall–Kier alpha value is -2.14. The van der Waals surface area contributed by atoms with Crippen molar-refractivity contribution < 1.29 is 14.7 Å². The molecule has 138 valence electrons. The zero-order valence-electron chi connectivity index (χ0n) is 14.9. The third-order valence-electron chi connectivity index (χ3n) is 6.23. The average molecular weight is 354 g/mol. The molecule has 2 aliphatic carbocycles. The van der Waals surface area contributed by atoms with Crippen molar-refractivity contribution >= 4 is 11.9 Å². The van der Waals surface area contributed by atoms with E-state index in [0.717, 1.165) is 38.9 Å². The quantitative estimate of drug-likeness (QED) is 0.796. The first-order valence-corrected chi connectivity index (χ1v) is 9.59. The number of nitrogens with one attached hydrogen (secondary N) is 1. The number of carbonyl (C=O) groups excluding carboxylic acids is 1. The Morgan fingerprint density at radius 2 is 1.69 bits per heavy atom. The van der Waals surface area contributed by atoms with Crippen LogP contribution in [0.25, 0.3) is 0 Å². The second kappa shape index (κ2) is 7.23. The van der Waals surface area contributed by atoms with Gasteiger partial charge in [-0.1, -0.05) is 42.5 Å². The minimum Gasteiger partial charge on any atom is -0.481 e. The molecule has 1 aromatic rings. The van der Waals surface area contributed by atoms with Crippen LogP contribution >= 0.6 is 0 Å². The van der Waals surface area contributed by atoms with Crippen LogP contribution in [0.1, 0.15) is 24.8 Å². The van der Waals surface area contributed by atoms with Crippen molar-refractivity contribution in [2.45, 2.75) is 31.8 Å². The van der Waals surface area contributed by atoms with E-state index in [4.69, 9.17) is 0 Å². The van der Waals surface area contributed by atoms with E-state index >= 15 is 0 Å². The molecular formula is C21H26N2O3. The molecule has 0 aromatic heterocycles. The number of aliphatic carboxylic acids is 1. The summed E-state index contributed by atoms with van der Waals surface area (Å²) in [6, 6.07) is 10.6. The van der Waals surface area contributed by atoms with E-state index in [1.54, 1.807) is 0 Å². The fourth-order valence-corrected chi connectivity index (χ4v) is 4.89. The lowest BCUT2D eigenvalue weighted by Crippen LogP contribution is -2.48. The number of carbonyl (C=O) groups is 2. The van der Waals surface area contributed by atoms with Gasteiger partial charge in [0.25, 0.3) is 0 Å². The van der Waals surface area contributed by atoms with Gasteiger partial charge in [-0.05, 0) is 36.7 Å². The number of amides is 1. The van der Waals surface area contributed by atoms with Crippen LogP contribution in [0.2, 0.25) is 0 Å². The average Bonchev–Trinajstić information content (AvgIpc) is 3.25. The lowest BCUT2D eigenvalue weighted by Gasteiger charge is -2.34. The second-order valence-corrected chi connectivity index (χ2v) is 7.88. The Morgan fingerprint density at radius 3 is 2.35 bits per heavy atom. The van der Waals surface area contributed by atoms with Crippen molar-refractivity contribution in [2.75, 3.05) is 13.1 Å². The van der Waals surface area contributed by atoms with Crippen molar-refractivity contribution in [3.05, 3.63) is 48.0 Å². The molecule has 4 atom stereocenters. The molecule has 3 aliphatic rings. The molecule has 1 heterocycles. The van der Waals surface area contributed by atoms with Crippen molar-refractivity contribution in [1.29, 1.82) is 0 Å². The number of fused-ring (bicyclic) bond motifs is 2. The van der Waals surface area contributed by atoms with Crippen LogP contribution in [-0.2, 0) is 16.1 Å². The van der Waals surface area contributed by atoms with Crippen LogP contribution in [0, 0.1) is 23.7 Å². The minimum atomic E-state index is -0.834. The predicted molar refractivity (Wildman–Crippen MR) is 98.2 cm³/mol. The van der Waals surface area contributed by atoms with Gasteiger partial charge in [0.05, 0.1) is 11.8 Å². The molecule has 1 amide bonds. The summed E-state index contributed by atoms with van der Waals surface area (Å²) in [4.78, 5) is 26.8. The Morgan fingerprint density at radius 1 is 1.04 bits per heavy atom. The molecular weight excluding hydrogens is 328 g/mol. The molecule has 1 saturated heterocycles. The summed E-state index contributed by atoms with van der Waals surface area (Å²) in [5.41, 5.74) is 1.31. The molecule has 1 aromatic carbocycles. The van der Waals surface area contributed by atoms with Crippen molar-refractivity contribution in [3.8, 4) is 0 Å². The van der Waals surface area contributed by atoms with E-state index in [9.17, 15) is 14.7 Å². The monoisotopic (exact) mass is 354 g/mol. The third kappa shape index (κ3) is 3.40. The summed E-state index contributed by atoms with van der Waals surface area (Å²) < 4.78 is 0. The number of hydrogen-bond donors (Lipinski definition) is 2. The molecule has 5 nitrogen and oxygen atoms in total. The fourth-order valence-electron chi connectivity index (χ4n) is 4.89. The summed E-state index contributed by atoms with van der Waals surface area (Å²) in [6.07, 6.45) is 6.68. The van der Waals surface area contributed by atoms with Gasteiger partial charge >= 0.3 is 5.97 Å². The number of nitrogens with zero attached hydrogens (tertiary/aromatic N) is 1. The highest BCUT2D eigenvalue weighted by atomic mass is 16.4. The third-order valence-corrected chi connectivity index (χ3v) is 6.23. The SMILES string of the molecule is O=C(NC1CCN(Cc2ccccc2)CC1)[C@@H]1[C@H](C(=O)O)[C@H]2C=C[C@H]1C2. The maximum absolute atomic E-state index is 12.8. The van der Waals surface area contributed by atoms with E-state index in [2.05, 4.69) is 34.5 Å². The lowest BCUT2D eigenvalue weighted by molar-refractivity contribution is -0.148. The van der Waals surface area contributed by atoms with Gasteiger partial charge in [0.15, 0.2) is 0 Å². The van der Waals surface area contributed by atoms with Gasteiger partial charge in [0, 0.05) is 25.7 Å². The molecule has 1 saturated carbocycles. The van der Waals surface area contributed by atoms with Gasteiger partial charge in [0.1, 0.15) is 0 Å². The number of piperidine rings is 1. The molecule has 0 radical (unpaired) electrons. The summed E-state index contributed by atoms with van der Waals surface area (Å²) in [6.45, 7) is 2.86. The smallest absolute Gasteiger partial charge is 0.307 e. The zero-order chi connectivity index (χ0) is 18.1. The second-order valence-electron chi connectivity index (χ2n) is 7.88. The Labute approximate surface area is 154 Å². The fraction of sp³-hybridized carbons (Fsp3) is 0.524. The molecule has 2 bridgehead atoms. The van der Waals surface area contributed by atoms with Gasteiger partial charge in [-0.15, -0.1) is 0 Å². The number of rotatable bonds is 5. The van der Waals surface area contributed by atoms with E-state index in [-0.39, 0.29) is 23.8 Å². The van der Waals surface area contributed by atoms with Crippen LogP contribution in [0.15, 0.2) is 42.5 Å². The standard InChI is InChI=1S/C21H26N2O3/c24-20(18-15-6-7-16(12-15)19(18)21(25)26)22-17-8-10-23(11-9-17)13-14-4-2-1-3-5-14/h1-7,15-19H,8-13H2,(H,22,24)(H,25,26)/t15-,16-,18-,19+/m0/s1. The van der Waals surface area contributed by atoms with Gasteiger partial charge in [0.2, 0.25) is 5.91 Å². The highest BCUT2D eigenvalue weighted by Crippen LogP contribution is 2.48. The summed E-state index contributed by atoms with van der Waals surface area (Å²) in [7, 11) is 0. The predicted octanol–water partition coefficient (Wildman–Crippen LogP) is 2.29. The number of likely N-dealkylation sites (tertiary alicyclic amines) is 1. The molecule has 26 heavy (non-hydrogen) atoms. The largest absolute Gasteiger partial charge is 0.481 e. The van der Waals surface area contributed by atoms with Crippen molar-refractivity contribution in [1.82, 2.24) is 10.2 Å². The van der Waals surface area contributed by atoms with Crippen LogP contribution in [0.4, 0.5) is 0 Å². The van der Waals surface area contributed by atoms with Crippen molar-refractivity contribution in [2.24, 2.45) is 23.7 Å². The molecule has 4 rings (SSSR count). The first-order valence-electron chi connectivity index (χ1n) is 9.59. The number of carboxylic acid groups (broad SMARTS) is 1. The van der Waals surface area contributed by atoms with Gasteiger partial charge in [-0.2, -0.15) is 0 Å². The number of allylic oxidation sites excluding steroid dienone is 2. The maximum atomic E-state index is 12.8. The molecule has 1 aliphatic heterocycles. The number of carboxylic acids is 1. The topological polar surface area (TPSA) is 69.6 Å². The summed E-state index contributed by atoms with van der Waals surface area (Å²) >= 11 is 0. The van der Waals surface area contributed by atoms with E-state index < -0.39 is 17.8 Å². The Kier molecular flexibility index (Phi) is 4.81. The number of benzene rings is 1. The molecule has 0 spiro atoms. The zero-order valence-corrected chi connectivity index (χ0v) is 14.9. The van der Waals surface area contributed by atoms with Crippen molar-refractivity contribution in [3.63, 3.8) is 0 Å². The highest BCUT2D eigenvalue weighted by Gasteiger charge is 2.51. The normalized spacial score (nSPS) is 31.2. The van der Waals surface area contributed by atoms with E-state index in [0.29, 0.717) is 0 Å². The van der Waals surface area contributed by atoms with Crippen LogP contribution in [0.5, 0.6) is 0 Å². The van der Waals surface area contributed by atoms with Crippen LogP contribution < -0.4 is 5.32 Å². The lowest BCUT2D eigenvalue weighted by atomic mass is 9.82. The van der Waals surface area contributed by atoms with Gasteiger partial charge in [-0.25, -0.2) is 0 Å². The highest BCUT2D eigenvalue weighted by molar-refractivity contribution is 5.87. The first-order chi connectivity index (χ1) is 12.6. The molecule has 5 heteroatoms. The minimum absolute atomic E-state index is 0.0287. The summed E-state index contributed by atoms with van der Waals surface area (Å²) in [5.74, 6) is -1.72. The van der Waals surface area contributed by atoms with Gasteiger partial charge < -0.3 is 10.4 Å². The molecule has 0 unspecified atom stereocenters. The van der Waals surface area contributed by atoms with E-state index in [1.165, 1.54) is 5.56 Å². The molecule has 2 N–H and O–H groups in total. The summed E-state index contributed by atoms with van der Waals surface area (Å²) in [5, 5.41) is 12.7. The van der Waals surface area contributed by atoms with E-state index in [1.807, 2.05) is 18.2 Å². The Bertz CT molecular complexity index is 694. The van der Waals surface area contributed by atoms with Crippen LogP contribution in [-0.4, -0.2) is 41.0 Å². The number of hydrogen-bond acceptors (Lipinski definition) is 3. The molecule has 2 fully saturated rings. The van der Waals surface area contributed by atoms with Gasteiger partial charge in [-0.3, -0.25) is 14.5 Å². The maximum Gasteiger partial charge on any atom is 0.307 e.